The van der Waals surface area contributed by atoms with E-state index in [0.717, 1.165) is 5.69 Å². The quantitative estimate of drug-likeness (QED) is 0.583. The van der Waals surface area contributed by atoms with E-state index in [-0.39, 0.29) is 12.1 Å². The Morgan fingerprint density at radius 3 is 2.53 bits per heavy atom. The largest absolute Gasteiger partial charge is 0.493 e. The highest BCUT2D eigenvalue weighted by atomic mass is 16.5. The summed E-state index contributed by atoms with van der Waals surface area (Å²) in [7, 11) is 1.63. The van der Waals surface area contributed by atoms with E-state index in [9.17, 15) is 0 Å². The summed E-state index contributed by atoms with van der Waals surface area (Å²) >= 11 is 0. The van der Waals surface area contributed by atoms with Gasteiger partial charge in [-0.1, -0.05) is 0 Å². The first kappa shape index (κ1) is 15.9. The van der Waals surface area contributed by atoms with Crippen LogP contribution in [0.2, 0.25) is 0 Å². The number of nitrogens with one attached hydrogen (secondary N) is 1. The average Bonchev–Trinajstić information content (AvgIpc) is 2.73. The molecule has 0 saturated heterocycles. The minimum absolute atomic E-state index is 0.215. The third-order valence-electron chi connectivity index (χ3n) is 3.16. The first-order valence-electron chi connectivity index (χ1n) is 6.60. The van der Waals surface area contributed by atoms with Gasteiger partial charge < -0.3 is 9.47 Å². The van der Waals surface area contributed by atoms with E-state index in [1.165, 1.54) is 0 Å². The molecule has 0 aliphatic heterocycles. The molecule has 1 heterocycles. The maximum atomic E-state index is 5.80. The summed E-state index contributed by atoms with van der Waals surface area (Å²) in [4.78, 5) is 0. The van der Waals surface area contributed by atoms with Crippen LogP contribution >= 0.6 is 0 Å². The van der Waals surface area contributed by atoms with Gasteiger partial charge in [0.25, 0.3) is 0 Å². The Balaban J connectivity index is 3.27. The van der Waals surface area contributed by atoms with Crippen LogP contribution < -0.4 is 16.0 Å². The monoisotopic (exact) mass is 270 g/mol. The van der Waals surface area contributed by atoms with Gasteiger partial charge in [0, 0.05) is 12.6 Å². The molecule has 0 fully saturated rings. The van der Waals surface area contributed by atoms with E-state index in [1.807, 2.05) is 25.5 Å². The fourth-order valence-corrected chi connectivity index (χ4v) is 2.26. The number of hydrogen-bond acceptors (Lipinski definition) is 5. The van der Waals surface area contributed by atoms with Crippen LogP contribution in [0.1, 0.15) is 52.4 Å². The zero-order valence-corrected chi connectivity index (χ0v) is 12.7. The topological polar surface area (TPSA) is 74.3 Å². The number of hydrogen-bond donors (Lipinski definition) is 2. The number of rotatable bonds is 7. The van der Waals surface area contributed by atoms with Crippen molar-refractivity contribution in [2.45, 2.75) is 52.3 Å². The standard InChI is InChI=1S/C13H26N4O2/c1-7-19-13(4,5)12(16-14)11-10(18-6)8-15-17(11)9(2)3/h8-9,12,16H,7,14H2,1-6H3. The van der Waals surface area contributed by atoms with Gasteiger partial charge in [-0.2, -0.15) is 5.10 Å². The molecule has 1 aromatic rings. The predicted molar refractivity (Wildman–Crippen MR) is 74.9 cm³/mol. The van der Waals surface area contributed by atoms with Gasteiger partial charge in [-0.3, -0.25) is 10.5 Å². The molecular weight excluding hydrogens is 244 g/mol. The van der Waals surface area contributed by atoms with E-state index in [4.69, 9.17) is 15.3 Å². The zero-order valence-electron chi connectivity index (χ0n) is 12.7. The average molecular weight is 270 g/mol. The van der Waals surface area contributed by atoms with Gasteiger partial charge in [-0.25, -0.2) is 5.43 Å². The van der Waals surface area contributed by atoms with E-state index >= 15 is 0 Å². The smallest absolute Gasteiger partial charge is 0.161 e. The van der Waals surface area contributed by atoms with Crippen molar-refractivity contribution in [1.29, 1.82) is 0 Å². The zero-order chi connectivity index (χ0) is 14.6. The lowest BCUT2D eigenvalue weighted by atomic mass is 9.95. The van der Waals surface area contributed by atoms with Crippen molar-refractivity contribution >= 4 is 0 Å². The minimum atomic E-state index is -0.469. The molecule has 0 aliphatic carbocycles. The molecule has 0 aromatic carbocycles. The van der Waals surface area contributed by atoms with Gasteiger partial charge in [0.2, 0.25) is 0 Å². The van der Waals surface area contributed by atoms with Crippen LogP contribution in [-0.4, -0.2) is 29.1 Å². The highest BCUT2D eigenvalue weighted by Gasteiger charge is 2.36. The molecule has 0 aliphatic rings. The summed E-state index contributed by atoms with van der Waals surface area (Å²) in [5.41, 5.74) is 3.27. The van der Waals surface area contributed by atoms with E-state index in [2.05, 4.69) is 24.4 Å². The molecule has 0 spiro atoms. The molecule has 1 aromatic heterocycles. The van der Waals surface area contributed by atoms with Crippen molar-refractivity contribution in [3.05, 3.63) is 11.9 Å². The third kappa shape index (κ3) is 3.26. The Hall–Kier alpha value is -1.11. The van der Waals surface area contributed by atoms with Crippen molar-refractivity contribution in [2.75, 3.05) is 13.7 Å². The lowest BCUT2D eigenvalue weighted by Crippen LogP contribution is -2.45. The van der Waals surface area contributed by atoms with Crippen molar-refractivity contribution in [3.8, 4) is 5.75 Å². The number of hydrazine groups is 1. The van der Waals surface area contributed by atoms with E-state index in [1.54, 1.807) is 13.3 Å². The summed E-state index contributed by atoms with van der Waals surface area (Å²) in [6.45, 7) is 10.7. The number of nitrogens with two attached hydrogens (primary N) is 1. The fourth-order valence-electron chi connectivity index (χ4n) is 2.26. The van der Waals surface area contributed by atoms with Crippen molar-refractivity contribution in [3.63, 3.8) is 0 Å². The highest BCUT2D eigenvalue weighted by Crippen LogP contribution is 2.35. The molecule has 1 atom stereocenters. The van der Waals surface area contributed by atoms with E-state index in [0.29, 0.717) is 12.4 Å². The van der Waals surface area contributed by atoms with Crippen LogP contribution in [0.5, 0.6) is 5.75 Å². The molecule has 0 bridgehead atoms. The molecular formula is C13H26N4O2. The molecule has 0 saturated carbocycles. The number of aromatic nitrogens is 2. The first-order valence-corrected chi connectivity index (χ1v) is 6.60. The molecule has 1 rings (SSSR count). The lowest BCUT2D eigenvalue weighted by molar-refractivity contribution is -0.0419. The number of nitrogens with zero attached hydrogens (tertiary/aromatic N) is 2. The fraction of sp³-hybridized carbons (Fsp3) is 0.769. The van der Waals surface area contributed by atoms with Crippen LogP contribution in [-0.2, 0) is 4.74 Å². The molecule has 110 valence electrons. The van der Waals surface area contributed by atoms with Gasteiger partial charge in [-0.15, -0.1) is 0 Å². The Labute approximate surface area is 115 Å². The highest BCUT2D eigenvalue weighted by molar-refractivity contribution is 5.30. The number of methoxy groups -OCH3 is 1. The Bertz CT molecular complexity index is 401. The Morgan fingerprint density at radius 1 is 1.47 bits per heavy atom. The number of ether oxygens (including phenoxy) is 2. The summed E-state index contributed by atoms with van der Waals surface area (Å²) in [6.07, 6.45) is 1.71. The second-order valence-electron chi connectivity index (χ2n) is 5.27. The minimum Gasteiger partial charge on any atom is -0.493 e. The molecule has 19 heavy (non-hydrogen) atoms. The van der Waals surface area contributed by atoms with Crippen LogP contribution in [0.15, 0.2) is 6.20 Å². The predicted octanol–water partition coefficient (Wildman–Crippen LogP) is 1.79. The maximum absolute atomic E-state index is 5.80. The molecule has 0 amide bonds. The van der Waals surface area contributed by atoms with Crippen LogP contribution in [0.4, 0.5) is 0 Å². The van der Waals surface area contributed by atoms with Crippen molar-refractivity contribution in [1.82, 2.24) is 15.2 Å². The summed E-state index contributed by atoms with van der Waals surface area (Å²) < 4.78 is 13.1. The van der Waals surface area contributed by atoms with Gasteiger partial charge in [0.15, 0.2) is 5.75 Å². The van der Waals surface area contributed by atoms with E-state index < -0.39 is 5.60 Å². The maximum Gasteiger partial charge on any atom is 0.161 e. The molecule has 1 unspecified atom stereocenters. The normalized spacial score (nSPS) is 13.9. The summed E-state index contributed by atoms with van der Waals surface area (Å²) in [6, 6.07) is -0.000485. The summed E-state index contributed by atoms with van der Waals surface area (Å²) in [5.74, 6) is 6.46. The Kier molecular flexibility index (Phi) is 5.34. The second kappa shape index (κ2) is 6.36. The van der Waals surface area contributed by atoms with Gasteiger partial charge in [0.05, 0.1) is 24.9 Å². The van der Waals surface area contributed by atoms with Crippen LogP contribution in [0, 0.1) is 0 Å². The first-order chi connectivity index (χ1) is 8.88. The molecule has 0 radical (unpaired) electrons. The molecule has 6 nitrogen and oxygen atoms in total. The van der Waals surface area contributed by atoms with Gasteiger partial charge in [-0.05, 0) is 34.6 Å². The van der Waals surface area contributed by atoms with Crippen LogP contribution in [0.3, 0.4) is 0 Å². The van der Waals surface area contributed by atoms with Crippen molar-refractivity contribution < 1.29 is 9.47 Å². The summed E-state index contributed by atoms with van der Waals surface area (Å²) in [5, 5.41) is 4.37. The molecule has 3 N–H and O–H groups in total. The van der Waals surface area contributed by atoms with Gasteiger partial charge in [0.1, 0.15) is 5.69 Å². The van der Waals surface area contributed by atoms with Gasteiger partial charge >= 0.3 is 0 Å². The third-order valence-corrected chi connectivity index (χ3v) is 3.16. The Morgan fingerprint density at radius 2 is 2.11 bits per heavy atom. The molecule has 6 heteroatoms. The SMILES string of the molecule is CCOC(C)(C)C(NN)c1c(OC)cnn1C(C)C. The van der Waals surface area contributed by atoms with Crippen molar-refractivity contribution in [2.24, 2.45) is 5.84 Å². The van der Waals surface area contributed by atoms with Crippen LogP contribution in [0.25, 0.3) is 0 Å². The lowest BCUT2D eigenvalue weighted by Gasteiger charge is -2.34. The second-order valence-corrected chi connectivity index (χ2v) is 5.27.